The fourth-order valence-electron chi connectivity index (χ4n) is 3.19. The third kappa shape index (κ3) is 4.37. The van der Waals surface area contributed by atoms with E-state index in [0.717, 1.165) is 11.2 Å². The molecular weight excluding hydrogens is 426 g/mol. The molecule has 1 amide bonds. The van der Waals surface area contributed by atoms with Crippen LogP contribution in [0.3, 0.4) is 0 Å². The van der Waals surface area contributed by atoms with Crippen LogP contribution in [0.2, 0.25) is 0 Å². The summed E-state index contributed by atoms with van der Waals surface area (Å²) in [5.74, 6) is 0.334. The van der Waals surface area contributed by atoms with Crippen molar-refractivity contribution in [2.24, 2.45) is 0 Å². The van der Waals surface area contributed by atoms with Gasteiger partial charge in [-0.15, -0.1) is 10.2 Å². The van der Waals surface area contributed by atoms with E-state index in [4.69, 9.17) is 21.7 Å². The van der Waals surface area contributed by atoms with Crippen LogP contribution in [-0.2, 0) is 0 Å². The van der Waals surface area contributed by atoms with Gasteiger partial charge < -0.3 is 14.8 Å². The summed E-state index contributed by atoms with van der Waals surface area (Å²) in [6.45, 7) is 2.03. The Labute approximate surface area is 190 Å². The first-order valence-corrected chi connectivity index (χ1v) is 10.2. The van der Waals surface area contributed by atoms with Gasteiger partial charge in [-0.25, -0.2) is 0 Å². The largest absolute Gasteiger partial charge is 0.496 e. The highest BCUT2D eigenvalue weighted by atomic mass is 32.1. The summed E-state index contributed by atoms with van der Waals surface area (Å²) in [6.07, 6.45) is 0. The Balaban J connectivity index is 1.50. The van der Waals surface area contributed by atoms with Crippen molar-refractivity contribution in [1.82, 2.24) is 20.3 Å². The molecule has 0 bridgehead atoms. The summed E-state index contributed by atoms with van der Waals surface area (Å²) in [7, 11) is 2.97. The van der Waals surface area contributed by atoms with E-state index in [0.29, 0.717) is 22.7 Å². The van der Waals surface area contributed by atoms with Crippen LogP contribution < -0.4 is 20.1 Å². The van der Waals surface area contributed by atoms with Gasteiger partial charge in [0.15, 0.2) is 5.11 Å². The lowest BCUT2D eigenvalue weighted by Crippen LogP contribution is -2.34. The highest BCUT2D eigenvalue weighted by Crippen LogP contribution is 2.28. The maximum atomic E-state index is 12.8. The van der Waals surface area contributed by atoms with Crippen molar-refractivity contribution in [1.29, 1.82) is 0 Å². The number of aromatic nitrogens is 3. The zero-order valence-electron chi connectivity index (χ0n) is 17.7. The first-order chi connectivity index (χ1) is 15.5. The van der Waals surface area contributed by atoms with Gasteiger partial charge in [-0.05, 0) is 61.6 Å². The number of rotatable bonds is 5. The first kappa shape index (κ1) is 21.3. The molecular formula is C23H21N5O3S. The molecule has 1 aromatic heterocycles. The standard InChI is InChI=1S/C23H21N5O3S/c1-14-7-10-16(11-8-14)28-26-17-12-9-15(13-18(17)27-28)24-23(32)25-22(29)21-19(30-2)5-4-6-20(21)31-3/h4-13H,1-3H3,(H2,24,25,29,32). The zero-order chi connectivity index (χ0) is 22.7. The summed E-state index contributed by atoms with van der Waals surface area (Å²) >= 11 is 5.32. The number of methoxy groups -OCH3 is 2. The minimum Gasteiger partial charge on any atom is -0.496 e. The number of thiocarbonyl (C=S) groups is 1. The predicted octanol–water partition coefficient (Wildman–Crippen LogP) is 3.87. The van der Waals surface area contributed by atoms with E-state index < -0.39 is 5.91 Å². The molecule has 3 aromatic carbocycles. The van der Waals surface area contributed by atoms with Crippen molar-refractivity contribution in [2.75, 3.05) is 19.5 Å². The predicted molar refractivity (Wildman–Crippen MR) is 127 cm³/mol. The number of fused-ring (bicyclic) bond motifs is 1. The SMILES string of the molecule is COc1cccc(OC)c1C(=O)NC(=S)Nc1ccc2nn(-c3ccc(C)cc3)nc2c1. The quantitative estimate of drug-likeness (QED) is 0.449. The van der Waals surface area contributed by atoms with E-state index in [2.05, 4.69) is 20.8 Å². The van der Waals surface area contributed by atoms with Crippen LogP contribution in [0.4, 0.5) is 5.69 Å². The maximum Gasteiger partial charge on any atom is 0.264 e. The third-order valence-corrected chi connectivity index (χ3v) is 4.99. The average molecular weight is 448 g/mol. The van der Waals surface area contributed by atoms with Crippen molar-refractivity contribution in [3.05, 3.63) is 71.8 Å². The lowest BCUT2D eigenvalue weighted by atomic mass is 10.1. The molecule has 0 spiro atoms. The molecule has 0 aliphatic carbocycles. The number of ether oxygens (including phenoxy) is 2. The second-order valence-corrected chi connectivity index (χ2v) is 7.38. The Morgan fingerprint density at radius 3 is 2.25 bits per heavy atom. The highest BCUT2D eigenvalue weighted by molar-refractivity contribution is 7.80. The average Bonchev–Trinajstić information content (AvgIpc) is 3.22. The van der Waals surface area contributed by atoms with E-state index in [-0.39, 0.29) is 10.7 Å². The summed E-state index contributed by atoms with van der Waals surface area (Å²) in [6, 6.07) is 18.5. The van der Waals surface area contributed by atoms with Gasteiger partial charge in [-0.2, -0.15) is 4.80 Å². The summed E-state index contributed by atoms with van der Waals surface area (Å²) in [5, 5.41) is 14.8. The molecule has 0 radical (unpaired) electrons. The molecule has 0 unspecified atom stereocenters. The van der Waals surface area contributed by atoms with Gasteiger partial charge in [0.05, 0.1) is 19.9 Å². The zero-order valence-corrected chi connectivity index (χ0v) is 18.6. The molecule has 32 heavy (non-hydrogen) atoms. The minimum atomic E-state index is -0.441. The number of hydrogen-bond donors (Lipinski definition) is 2. The van der Waals surface area contributed by atoms with Crippen LogP contribution in [0, 0.1) is 6.92 Å². The van der Waals surface area contributed by atoms with Crippen molar-refractivity contribution >= 4 is 40.0 Å². The normalized spacial score (nSPS) is 10.6. The molecule has 0 aliphatic heterocycles. The van der Waals surface area contributed by atoms with Crippen molar-refractivity contribution < 1.29 is 14.3 Å². The number of anilines is 1. The van der Waals surface area contributed by atoms with Crippen molar-refractivity contribution in [3.63, 3.8) is 0 Å². The Bertz CT molecular complexity index is 1280. The third-order valence-electron chi connectivity index (χ3n) is 4.79. The number of benzene rings is 3. The highest BCUT2D eigenvalue weighted by Gasteiger charge is 2.19. The van der Waals surface area contributed by atoms with Gasteiger partial charge >= 0.3 is 0 Å². The molecule has 4 aromatic rings. The van der Waals surface area contributed by atoms with Crippen LogP contribution in [0.1, 0.15) is 15.9 Å². The van der Waals surface area contributed by atoms with E-state index in [1.54, 1.807) is 23.0 Å². The van der Waals surface area contributed by atoms with E-state index in [1.807, 2.05) is 49.4 Å². The number of nitrogens with zero attached hydrogens (tertiary/aromatic N) is 3. The number of hydrogen-bond acceptors (Lipinski definition) is 6. The lowest BCUT2D eigenvalue weighted by Gasteiger charge is -2.14. The van der Waals surface area contributed by atoms with E-state index >= 15 is 0 Å². The molecule has 0 atom stereocenters. The summed E-state index contributed by atoms with van der Waals surface area (Å²) < 4.78 is 10.6. The van der Waals surface area contributed by atoms with Crippen molar-refractivity contribution in [2.45, 2.75) is 6.92 Å². The molecule has 0 saturated heterocycles. The van der Waals surface area contributed by atoms with Gasteiger partial charge in [0, 0.05) is 5.69 Å². The molecule has 162 valence electrons. The monoisotopic (exact) mass is 447 g/mol. The Morgan fingerprint density at radius 2 is 1.59 bits per heavy atom. The second-order valence-electron chi connectivity index (χ2n) is 6.97. The smallest absolute Gasteiger partial charge is 0.264 e. The molecule has 0 saturated carbocycles. The number of carbonyl (C=O) groups excluding carboxylic acids is 1. The summed E-state index contributed by atoms with van der Waals surface area (Å²) in [4.78, 5) is 14.4. The number of aryl methyl sites for hydroxylation is 1. The van der Waals surface area contributed by atoms with Crippen molar-refractivity contribution in [3.8, 4) is 17.2 Å². The maximum absolute atomic E-state index is 12.8. The van der Waals surface area contributed by atoms with Gasteiger partial charge in [-0.3, -0.25) is 10.1 Å². The van der Waals surface area contributed by atoms with Crippen LogP contribution in [0.25, 0.3) is 16.7 Å². The Kier molecular flexibility index (Phi) is 6.00. The van der Waals surface area contributed by atoms with Crippen LogP contribution in [0.5, 0.6) is 11.5 Å². The molecule has 0 fully saturated rings. The minimum absolute atomic E-state index is 0.133. The Hall–Kier alpha value is -3.98. The van der Waals surface area contributed by atoms with E-state index in [9.17, 15) is 4.79 Å². The van der Waals surface area contributed by atoms with Crippen LogP contribution in [0.15, 0.2) is 60.7 Å². The lowest BCUT2D eigenvalue weighted by molar-refractivity contribution is 0.0971. The van der Waals surface area contributed by atoms with E-state index in [1.165, 1.54) is 19.8 Å². The van der Waals surface area contributed by atoms with Gasteiger partial charge in [-0.1, -0.05) is 23.8 Å². The van der Waals surface area contributed by atoms with Crippen LogP contribution >= 0.6 is 12.2 Å². The first-order valence-electron chi connectivity index (χ1n) is 9.76. The number of carbonyl (C=O) groups is 1. The number of amides is 1. The Morgan fingerprint density at radius 1 is 0.938 bits per heavy atom. The fraction of sp³-hybridized carbons (Fsp3) is 0.130. The molecule has 0 aliphatic rings. The second kappa shape index (κ2) is 9.03. The van der Waals surface area contributed by atoms with Crippen LogP contribution in [-0.4, -0.2) is 40.2 Å². The molecule has 2 N–H and O–H groups in total. The topological polar surface area (TPSA) is 90.3 Å². The molecule has 8 nitrogen and oxygen atoms in total. The number of nitrogens with one attached hydrogen (secondary N) is 2. The molecule has 1 heterocycles. The molecule has 9 heteroatoms. The summed E-state index contributed by atoms with van der Waals surface area (Å²) in [5.41, 5.74) is 4.40. The van der Waals surface area contributed by atoms with Gasteiger partial charge in [0.2, 0.25) is 0 Å². The molecule has 4 rings (SSSR count). The van der Waals surface area contributed by atoms with Gasteiger partial charge in [0.1, 0.15) is 28.1 Å². The fourth-order valence-corrected chi connectivity index (χ4v) is 3.40. The van der Waals surface area contributed by atoms with Gasteiger partial charge in [0.25, 0.3) is 5.91 Å².